The number of carbonyl (C=O) groups is 1. The lowest BCUT2D eigenvalue weighted by molar-refractivity contribution is -0.126. The SMILES string of the molecule is CC1CNCC1(C)C.COC=O. The van der Waals surface area contributed by atoms with Gasteiger partial charge >= 0.3 is 0 Å². The zero-order chi connectivity index (χ0) is 9.61. The summed E-state index contributed by atoms with van der Waals surface area (Å²) in [5, 5.41) is 3.36. The minimum absolute atomic E-state index is 0.375. The molecule has 72 valence electrons. The molecule has 1 saturated heterocycles. The maximum atomic E-state index is 8.95. The Morgan fingerprint density at radius 3 is 2.17 bits per heavy atom. The normalized spacial score (nSPS) is 25.5. The Morgan fingerprint density at radius 2 is 2.08 bits per heavy atom. The lowest BCUT2D eigenvalue weighted by Crippen LogP contribution is -2.19. The predicted molar refractivity (Wildman–Crippen MR) is 48.9 cm³/mol. The Kier molecular flexibility index (Phi) is 4.90. The fourth-order valence-electron chi connectivity index (χ4n) is 1.06. The number of hydrogen-bond donors (Lipinski definition) is 1. The van der Waals surface area contributed by atoms with Gasteiger partial charge in [0.05, 0.1) is 7.11 Å². The molecular formula is C9H19NO2. The van der Waals surface area contributed by atoms with Crippen LogP contribution in [0.2, 0.25) is 0 Å². The van der Waals surface area contributed by atoms with E-state index in [4.69, 9.17) is 4.79 Å². The highest BCUT2D eigenvalue weighted by atomic mass is 16.5. The largest absolute Gasteiger partial charge is 0.471 e. The molecule has 1 N–H and O–H groups in total. The summed E-state index contributed by atoms with van der Waals surface area (Å²) in [5.41, 5.74) is 0.542. The second-order valence-corrected chi connectivity index (χ2v) is 3.85. The third-order valence-electron chi connectivity index (χ3n) is 2.46. The third kappa shape index (κ3) is 3.72. The van der Waals surface area contributed by atoms with E-state index in [9.17, 15) is 0 Å². The third-order valence-corrected chi connectivity index (χ3v) is 2.46. The van der Waals surface area contributed by atoms with E-state index in [1.165, 1.54) is 20.2 Å². The number of methoxy groups -OCH3 is 1. The van der Waals surface area contributed by atoms with Gasteiger partial charge in [-0.15, -0.1) is 0 Å². The van der Waals surface area contributed by atoms with Crippen LogP contribution in [0, 0.1) is 11.3 Å². The van der Waals surface area contributed by atoms with E-state index >= 15 is 0 Å². The standard InChI is InChI=1S/C7H15N.C2H4O2/c1-6-4-8-5-7(6,2)3;1-4-2-3/h6,8H,4-5H2,1-3H3;2H,1H3. The highest BCUT2D eigenvalue weighted by molar-refractivity contribution is 5.36. The molecule has 1 fully saturated rings. The molecular weight excluding hydrogens is 154 g/mol. The van der Waals surface area contributed by atoms with Crippen molar-refractivity contribution in [1.82, 2.24) is 5.32 Å². The first-order valence-corrected chi connectivity index (χ1v) is 4.21. The summed E-state index contributed by atoms with van der Waals surface area (Å²) in [4.78, 5) is 8.95. The smallest absolute Gasteiger partial charge is 0.292 e. The molecule has 0 spiro atoms. The summed E-state index contributed by atoms with van der Waals surface area (Å²) in [5.74, 6) is 0.850. The van der Waals surface area contributed by atoms with E-state index < -0.39 is 0 Å². The molecule has 0 aliphatic carbocycles. The lowest BCUT2D eigenvalue weighted by Gasteiger charge is -2.21. The maximum Gasteiger partial charge on any atom is 0.292 e. The summed E-state index contributed by atoms with van der Waals surface area (Å²) in [6.07, 6.45) is 0. The zero-order valence-electron chi connectivity index (χ0n) is 8.39. The molecule has 0 aromatic carbocycles. The summed E-state index contributed by atoms with van der Waals surface area (Å²) in [6, 6.07) is 0. The summed E-state index contributed by atoms with van der Waals surface area (Å²) in [7, 11) is 1.31. The summed E-state index contributed by atoms with van der Waals surface area (Å²) < 4.78 is 3.86. The highest BCUT2D eigenvalue weighted by Gasteiger charge is 2.30. The van der Waals surface area contributed by atoms with Crippen LogP contribution >= 0.6 is 0 Å². The van der Waals surface area contributed by atoms with Crippen LogP contribution in [-0.2, 0) is 9.53 Å². The van der Waals surface area contributed by atoms with Crippen molar-refractivity contribution in [3.05, 3.63) is 0 Å². The second-order valence-electron chi connectivity index (χ2n) is 3.85. The molecule has 12 heavy (non-hydrogen) atoms. The Hall–Kier alpha value is -0.570. The number of carbonyl (C=O) groups excluding carboxylic acids is 1. The van der Waals surface area contributed by atoms with Crippen molar-refractivity contribution in [2.24, 2.45) is 11.3 Å². The van der Waals surface area contributed by atoms with E-state index in [2.05, 4.69) is 30.8 Å². The fraction of sp³-hybridized carbons (Fsp3) is 0.889. The highest BCUT2D eigenvalue weighted by Crippen LogP contribution is 2.28. The van der Waals surface area contributed by atoms with Gasteiger partial charge in [0.1, 0.15) is 0 Å². The van der Waals surface area contributed by atoms with Crippen LogP contribution in [0.15, 0.2) is 0 Å². The van der Waals surface area contributed by atoms with Crippen molar-refractivity contribution < 1.29 is 9.53 Å². The monoisotopic (exact) mass is 173 g/mol. The van der Waals surface area contributed by atoms with Crippen molar-refractivity contribution in [2.75, 3.05) is 20.2 Å². The van der Waals surface area contributed by atoms with Gasteiger partial charge in [-0.05, 0) is 17.9 Å². The van der Waals surface area contributed by atoms with E-state index in [0.717, 1.165) is 5.92 Å². The van der Waals surface area contributed by atoms with E-state index in [-0.39, 0.29) is 0 Å². The van der Waals surface area contributed by atoms with E-state index in [1.54, 1.807) is 0 Å². The Labute approximate surface area is 74.5 Å². The van der Waals surface area contributed by atoms with E-state index in [1.807, 2.05) is 0 Å². The summed E-state index contributed by atoms with van der Waals surface area (Å²) >= 11 is 0. The van der Waals surface area contributed by atoms with Crippen LogP contribution in [0.25, 0.3) is 0 Å². The minimum atomic E-state index is 0.375. The minimum Gasteiger partial charge on any atom is -0.471 e. The van der Waals surface area contributed by atoms with Gasteiger partial charge in [0, 0.05) is 6.54 Å². The van der Waals surface area contributed by atoms with Gasteiger partial charge < -0.3 is 10.1 Å². The van der Waals surface area contributed by atoms with Gasteiger partial charge in [0.15, 0.2) is 0 Å². The molecule has 1 unspecified atom stereocenters. The molecule has 1 aliphatic rings. The van der Waals surface area contributed by atoms with Crippen LogP contribution in [0.4, 0.5) is 0 Å². The van der Waals surface area contributed by atoms with Crippen LogP contribution in [0.3, 0.4) is 0 Å². The fourth-order valence-corrected chi connectivity index (χ4v) is 1.06. The molecule has 0 amide bonds. The average molecular weight is 173 g/mol. The first kappa shape index (κ1) is 11.4. The van der Waals surface area contributed by atoms with Crippen molar-refractivity contribution in [2.45, 2.75) is 20.8 Å². The van der Waals surface area contributed by atoms with Gasteiger partial charge in [-0.25, -0.2) is 0 Å². The maximum absolute atomic E-state index is 8.95. The first-order chi connectivity index (χ1) is 5.54. The quantitative estimate of drug-likeness (QED) is 0.602. The zero-order valence-corrected chi connectivity index (χ0v) is 8.39. The molecule has 1 rings (SSSR count). The first-order valence-electron chi connectivity index (χ1n) is 4.21. The molecule has 0 aromatic heterocycles. The molecule has 0 radical (unpaired) electrons. The summed E-state index contributed by atoms with van der Waals surface area (Å²) in [6.45, 7) is 9.70. The van der Waals surface area contributed by atoms with Gasteiger partial charge in [-0.3, -0.25) is 4.79 Å². The number of rotatable bonds is 1. The van der Waals surface area contributed by atoms with Crippen LogP contribution in [-0.4, -0.2) is 26.7 Å². The molecule has 1 aliphatic heterocycles. The van der Waals surface area contributed by atoms with Crippen LogP contribution in [0.1, 0.15) is 20.8 Å². The molecule has 3 heteroatoms. The molecule has 3 nitrogen and oxygen atoms in total. The topological polar surface area (TPSA) is 38.3 Å². The van der Waals surface area contributed by atoms with Gasteiger partial charge in [0.25, 0.3) is 6.47 Å². The number of ether oxygens (including phenoxy) is 1. The van der Waals surface area contributed by atoms with Crippen molar-refractivity contribution in [3.63, 3.8) is 0 Å². The van der Waals surface area contributed by atoms with Crippen LogP contribution < -0.4 is 5.32 Å². The van der Waals surface area contributed by atoms with Crippen LogP contribution in [0.5, 0.6) is 0 Å². The Morgan fingerprint density at radius 1 is 1.58 bits per heavy atom. The molecule has 0 saturated carbocycles. The molecule has 0 aromatic rings. The number of nitrogens with one attached hydrogen (secondary N) is 1. The van der Waals surface area contributed by atoms with Crippen molar-refractivity contribution in [1.29, 1.82) is 0 Å². The van der Waals surface area contributed by atoms with E-state index in [0.29, 0.717) is 11.9 Å². The van der Waals surface area contributed by atoms with Gasteiger partial charge in [-0.2, -0.15) is 0 Å². The molecule has 1 heterocycles. The van der Waals surface area contributed by atoms with Gasteiger partial charge in [-0.1, -0.05) is 20.8 Å². The molecule has 1 atom stereocenters. The Bertz CT molecular complexity index is 134. The molecule has 0 bridgehead atoms. The second kappa shape index (κ2) is 5.14. The van der Waals surface area contributed by atoms with Crippen molar-refractivity contribution >= 4 is 6.47 Å². The van der Waals surface area contributed by atoms with Crippen molar-refractivity contribution in [3.8, 4) is 0 Å². The average Bonchev–Trinajstić information content (AvgIpc) is 2.31. The number of hydrogen-bond acceptors (Lipinski definition) is 3. The lowest BCUT2D eigenvalue weighted by atomic mass is 9.84. The predicted octanol–water partition coefficient (Wildman–Crippen LogP) is 1.04. The Balaban J connectivity index is 0.000000261. The van der Waals surface area contributed by atoms with Gasteiger partial charge in [0.2, 0.25) is 0 Å².